The Morgan fingerprint density at radius 2 is 1.91 bits per heavy atom. The lowest BCUT2D eigenvalue weighted by Gasteiger charge is -2.07. The number of hydrogen-bond acceptors (Lipinski definition) is 5. The van der Waals surface area contributed by atoms with Gasteiger partial charge in [0.2, 0.25) is 15.9 Å². The molecular weight excluding hydrogens is 304 g/mol. The van der Waals surface area contributed by atoms with Gasteiger partial charge in [0.1, 0.15) is 0 Å². The van der Waals surface area contributed by atoms with Crippen LogP contribution in [-0.2, 0) is 10.0 Å². The fourth-order valence-corrected chi connectivity index (χ4v) is 2.74. The Hall–Kier alpha value is -2.25. The lowest BCUT2D eigenvalue weighted by Crippen LogP contribution is -2.29. The fourth-order valence-electron chi connectivity index (χ4n) is 1.76. The first-order chi connectivity index (χ1) is 10.4. The maximum Gasteiger partial charge on any atom is 0.240 e. The first kappa shape index (κ1) is 16.1. The van der Waals surface area contributed by atoms with Crippen LogP contribution >= 0.6 is 0 Å². The standard InChI is InChI=1S/C15H16N2O4S/c1-11-3-5-13(6-4-11)22(19,20)17-10-14(18)12-7-8-16-15(9-12)21-2/h3-9,17H,10H2,1-2H3. The van der Waals surface area contributed by atoms with Crippen LogP contribution in [-0.4, -0.2) is 32.8 Å². The number of ketones is 1. The maximum absolute atomic E-state index is 12.1. The van der Waals surface area contributed by atoms with Crippen LogP contribution in [0.3, 0.4) is 0 Å². The molecule has 6 nitrogen and oxygen atoms in total. The third-order valence-corrected chi connectivity index (χ3v) is 4.44. The van der Waals surface area contributed by atoms with Crippen molar-refractivity contribution in [3.8, 4) is 5.88 Å². The van der Waals surface area contributed by atoms with Gasteiger partial charge in [-0.15, -0.1) is 0 Å². The van der Waals surface area contributed by atoms with Crippen LogP contribution in [0.4, 0.5) is 0 Å². The number of aryl methyl sites for hydroxylation is 1. The van der Waals surface area contributed by atoms with Crippen molar-refractivity contribution in [2.45, 2.75) is 11.8 Å². The molecule has 0 unspecified atom stereocenters. The predicted octanol–water partition coefficient (Wildman–Crippen LogP) is 1.56. The fraction of sp³-hybridized carbons (Fsp3) is 0.200. The van der Waals surface area contributed by atoms with Gasteiger partial charge in [-0.05, 0) is 25.1 Å². The van der Waals surface area contributed by atoms with Gasteiger partial charge in [0, 0.05) is 17.8 Å². The Labute approximate surface area is 129 Å². The number of nitrogens with one attached hydrogen (secondary N) is 1. The Morgan fingerprint density at radius 1 is 1.23 bits per heavy atom. The molecule has 0 radical (unpaired) electrons. The number of sulfonamides is 1. The molecule has 0 spiro atoms. The van der Waals surface area contributed by atoms with Gasteiger partial charge in [-0.1, -0.05) is 17.7 Å². The van der Waals surface area contributed by atoms with E-state index >= 15 is 0 Å². The maximum atomic E-state index is 12.1. The highest BCUT2D eigenvalue weighted by Gasteiger charge is 2.16. The summed E-state index contributed by atoms with van der Waals surface area (Å²) in [6, 6.07) is 9.36. The minimum Gasteiger partial charge on any atom is -0.481 e. The second-order valence-electron chi connectivity index (χ2n) is 4.65. The molecule has 0 atom stereocenters. The Bertz CT molecular complexity index is 770. The average molecular weight is 320 g/mol. The number of aromatic nitrogens is 1. The van der Waals surface area contributed by atoms with E-state index in [1.54, 1.807) is 12.1 Å². The molecule has 1 aromatic carbocycles. The van der Waals surface area contributed by atoms with Gasteiger partial charge in [0.05, 0.1) is 18.6 Å². The quantitative estimate of drug-likeness (QED) is 0.816. The zero-order valence-corrected chi connectivity index (χ0v) is 13.1. The molecule has 0 aliphatic rings. The van der Waals surface area contributed by atoms with E-state index in [0.29, 0.717) is 11.4 Å². The summed E-state index contributed by atoms with van der Waals surface area (Å²) in [4.78, 5) is 16.0. The Balaban J connectivity index is 2.08. The first-order valence-electron chi connectivity index (χ1n) is 6.52. The summed E-state index contributed by atoms with van der Waals surface area (Å²) in [5.41, 5.74) is 1.29. The second kappa shape index (κ2) is 6.67. The number of nitrogens with zero attached hydrogens (tertiary/aromatic N) is 1. The van der Waals surface area contributed by atoms with Crippen LogP contribution in [0.5, 0.6) is 5.88 Å². The van der Waals surface area contributed by atoms with E-state index in [2.05, 4.69) is 9.71 Å². The lowest BCUT2D eigenvalue weighted by atomic mass is 10.2. The summed E-state index contributed by atoms with van der Waals surface area (Å²) in [6.07, 6.45) is 1.43. The number of benzene rings is 1. The number of rotatable bonds is 6. The van der Waals surface area contributed by atoms with E-state index in [0.717, 1.165) is 5.56 Å². The largest absolute Gasteiger partial charge is 0.481 e. The summed E-state index contributed by atoms with van der Waals surface area (Å²) in [7, 11) is -2.27. The smallest absolute Gasteiger partial charge is 0.240 e. The van der Waals surface area contributed by atoms with Gasteiger partial charge in [-0.25, -0.2) is 18.1 Å². The summed E-state index contributed by atoms with van der Waals surface area (Å²) in [6.45, 7) is 1.54. The molecule has 116 valence electrons. The van der Waals surface area contributed by atoms with Gasteiger partial charge in [0.15, 0.2) is 5.78 Å². The van der Waals surface area contributed by atoms with E-state index in [1.165, 1.54) is 37.6 Å². The molecule has 0 bridgehead atoms. The molecule has 0 saturated heterocycles. The molecule has 22 heavy (non-hydrogen) atoms. The molecule has 7 heteroatoms. The number of methoxy groups -OCH3 is 1. The Morgan fingerprint density at radius 3 is 2.55 bits per heavy atom. The lowest BCUT2D eigenvalue weighted by molar-refractivity contribution is 0.0996. The third-order valence-electron chi connectivity index (χ3n) is 3.02. The number of carbonyl (C=O) groups is 1. The van der Waals surface area contributed by atoms with Crippen LogP contribution in [0.2, 0.25) is 0 Å². The van der Waals surface area contributed by atoms with E-state index in [-0.39, 0.29) is 17.2 Å². The topological polar surface area (TPSA) is 85.4 Å². The molecule has 1 heterocycles. The molecule has 2 aromatic rings. The van der Waals surface area contributed by atoms with Crippen LogP contribution in [0.15, 0.2) is 47.5 Å². The highest BCUT2D eigenvalue weighted by atomic mass is 32.2. The SMILES string of the molecule is COc1cc(C(=O)CNS(=O)(=O)c2ccc(C)cc2)ccn1. The van der Waals surface area contributed by atoms with Crippen molar-refractivity contribution >= 4 is 15.8 Å². The molecule has 0 aliphatic heterocycles. The highest BCUT2D eigenvalue weighted by molar-refractivity contribution is 7.89. The summed E-state index contributed by atoms with van der Waals surface area (Å²) >= 11 is 0. The van der Waals surface area contributed by atoms with Gasteiger partial charge in [-0.2, -0.15) is 0 Å². The molecule has 0 amide bonds. The van der Waals surface area contributed by atoms with Gasteiger partial charge in [-0.3, -0.25) is 4.79 Å². The molecule has 2 rings (SSSR count). The predicted molar refractivity (Wildman–Crippen MR) is 81.5 cm³/mol. The summed E-state index contributed by atoms with van der Waals surface area (Å²) in [5.74, 6) is -0.0661. The molecule has 0 fully saturated rings. The minimum atomic E-state index is -3.71. The highest BCUT2D eigenvalue weighted by Crippen LogP contribution is 2.11. The zero-order valence-electron chi connectivity index (χ0n) is 12.2. The number of pyridine rings is 1. The second-order valence-corrected chi connectivity index (χ2v) is 6.41. The molecule has 1 N–H and O–H groups in total. The summed E-state index contributed by atoms with van der Waals surface area (Å²) < 4.78 is 31.4. The van der Waals surface area contributed by atoms with Crippen LogP contribution in [0.1, 0.15) is 15.9 Å². The zero-order chi connectivity index (χ0) is 16.2. The average Bonchev–Trinajstić information content (AvgIpc) is 2.53. The van der Waals surface area contributed by atoms with E-state index in [1.807, 2.05) is 6.92 Å². The van der Waals surface area contributed by atoms with Gasteiger partial charge < -0.3 is 4.74 Å². The third kappa shape index (κ3) is 3.90. The van der Waals surface area contributed by atoms with Gasteiger partial charge in [0.25, 0.3) is 0 Å². The van der Waals surface area contributed by atoms with Crippen LogP contribution < -0.4 is 9.46 Å². The normalized spacial score (nSPS) is 11.2. The van der Waals surface area contributed by atoms with Crippen molar-refractivity contribution < 1.29 is 17.9 Å². The van der Waals surface area contributed by atoms with Crippen molar-refractivity contribution in [1.29, 1.82) is 0 Å². The molecule has 1 aromatic heterocycles. The van der Waals surface area contributed by atoms with Crippen LogP contribution in [0, 0.1) is 6.92 Å². The summed E-state index contributed by atoms with van der Waals surface area (Å²) in [5, 5.41) is 0. The Kier molecular flexibility index (Phi) is 4.89. The van der Waals surface area contributed by atoms with Crippen LogP contribution in [0.25, 0.3) is 0 Å². The van der Waals surface area contributed by atoms with Crippen molar-refractivity contribution in [1.82, 2.24) is 9.71 Å². The van der Waals surface area contributed by atoms with Crippen molar-refractivity contribution in [3.05, 3.63) is 53.7 Å². The molecular formula is C15H16N2O4S. The van der Waals surface area contributed by atoms with E-state index in [4.69, 9.17) is 4.74 Å². The van der Waals surface area contributed by atoms with Gasteiger partial charge >= 0.3 is 0 Å². The number of Topliss-reactive ketones (excluding diaryl/α,β-unsaturated/α-hetero) is 1. The number of carbonyl (C=O) groups excluding carboxylic acids is 1. The molecule has 0 saturated carbocycles. The van der Waals surface area contributed by atoms with E-state index in [9.17, 15) is 13.2 Å². The minimum absolute atomic E-state index is 0.123. The number of ether oxygens (including phenoxy) is 1. The van der Waals surface area contributed by atoms with Crippen molar-refractivity contribution in [2.24, 2.45) is 0 Å². The first-order valence-corrected chi connectivity index (χ1v) is 8.00. The number of hydrogen-bond donors (Lipinski definition) is 1. The van der Waals surface area contributed by atoms with E-state index < -0.39 is 10.0 Å². The van der Waals surface area contributed by atoms with Crippen molar-refractivity contribution in [2.75, 3.05) is 13.7 Å². The van der Waals surface area contributed by atoms with Crippen molar-refractivity contribution in [3.63, 3.8) is 0 Å². The monoisotopic (exact) mass is 320 g/mol. The molecule has 0 aliphatic carbocycles.